The van der Waals surface area contributed by atoms with Gasteiger partial charge in [0.05, 0.1) is 150 Å². The van der Waals surface area contributed by atoms with Gasteiger partial charge in [0.1, 0.15) is 171 Å². The molecule has 0 radical (unpaired) electrons. The van der Waals surface area contributed by atoms with Crippen LogP contribution >= 0.6 is 0 Å². The SMILES string of the molecule is C[C@H]1O[C@H](COC2O[C@H](CN)[C@@H](O)[C@H](O)[C@H]2O)[C@@H](O)[C@H](N)[C@H]1O.C[C@H]1O[C@H](COC2O[C@H](CN)[C@@H](O)[C@H](O)[C@H]2O)[C@@H](O)[C@H](O)[C@H]1N.C[C@H]1O[C@H](COC2O[C@H](CO)[C@@H](O)[C@H](O)[C@H]2N)[C@@H](O)[C@H](N)[C@H]1O.C[C@H]1O[C@H](COC2O[C@H](CO)[C@@H](O)[C@H](O)[C@H]2N)[C@@H](O)[C@H](O)[C@H]1N.C[C@H]1O[C@H](COC2O[C@H](CO)[C@@H](O)[C@H](O)[C@H]2N)[C@H](O)[C@H]1N. The van der Waals surface area contributed by atoms with Gasteiger partial charge in [-0.15, -0.1) is 0 Å². The summed E-state index contributed by atoms with van der Waals surface area (Å²) in [6.07, 6.45) is -43.5. The number of hydrogen-bond acceptors (Lipinski definition) is 49. The third-order valence-corrected chi connectivity index (χ3v) is 21.6. The highest BCUT2D eigenvalue weighted by molar-refractivity contribution is 5.01. The average Bonchev–Trinajstić information content (AvgIpc) is 1.80. The quantitative estimate of drug-likeness (QED) is 0.0538. The van der Waals surface area contributed by atoms with Crippen molar-refractivity contribution in [3.05, 3.63) is 0 Å². The zero-order chi connectivity index (χ0) is 85.0. The van der Waals surface area contributed by atoms with Crippen molar-refractivity contribution in [3.63, 3.8) is 0 Å². The van der Waals surface area contributed by atoms with Gasteiger partial charge in [0, 0.05) is 13.1 Å². The molecule has 5 unspecified atom stereocenters. The minimum Gasteiger partial charge on any atom is -0.394 e. The largest absolute Gasteiger partial charge is 0.394 e. The molecule has 49 atom stereocenters. The fourth-order valence-electron chi connectivity index (χ4n) is 13.6. The summed E-state index contributed by atoms with van der Waals surface area (Å²) < 4.78 is 80.8. The number of hydrogen-bond donors (Lipinski definition) is 34. The van der Waals surface area contributed by atoms with E-state index in [4.69, 9.17) is 144 Å². The fraction of sp³-hybridized carbons (Fsp3) is 1.00. The maximum Gasteiger partial charge on any atom is 0.186 e. The Balaban J connectivity index is 0.000000220. The molecule has 113 heavy (non-hydrogen) atoms. The molecule has 10 aliphatic heterocycles. The van der Waals surface area contributed by atoms with E-state index in [1.54, 1.807) is 34.6 Å². The first-order chi connectivity index (χ1) is 53.0. The van der Waals surface area contributed by atoms with Crippen molar-refractivity contribution in [2.24, 2.45) is 57.3 Å². The van der Waals surface area contributed by atoms with E-state index in [1.165, 1.54) is 0 Å². The summed E-state index contributed by atoms with van der Waals surface area (Å²) in [7, 11) is 0. The zero-order valence-corrected chi connectivity index (χ0v) is 63.0. The lowest BCUT2D eigenvalue weighted by atomic mass is 9.94. The lowest BCUT2D eigenvalue weighted by molar-refractivity contribution is -0.305. The van der Waals surface area contributed by atoms with Crippen LogP contribution in [0.5, 0.6) is 0 Å². The second-order valence-electron chi connectivity index (χ2n) is 29.7. The molecule has 44 N–H and O–H groups in total. The summed E-state index contributed by atoms with van der Waals surface area (Å²) in [5.74, 6) is 0. The Labute approximate surface area is 649 Å². The van der Waals surface area contributed by atoms with Crippen LogP contribution in [0.3, 0.4) is 0 Å². The van der Waals surface area contributed by atoms with Gasteiger partial charge in [-0.1, -0.05) is 0 Å². The molecule has 668 valence electrons. The van der Waals surface area contributed by atoms with Crippen LogP contribution in [0.25, 0.3) is 0 Å². The standard InChI is InChI=1S/4C13H26N2O8.C12H24N2O7/c1-4-9(17)7(14)10(18)6(22-4)3-21-13-8(15)12(20)11(19)5(2-16)23-13;1-4-8(16)7(15)9(17)6(22-4)3-21-13-12(20)11(19)10(18)5(2-14)23-13;1-4-7(14)11(19)10(18)6(22-4)3-21-13-8(15)12(20)9(17)5(2-16)23-13;1-4-7(15)10(18)9(17)6(22-4)3-21-13-12(20)11(19)8(16)5(2-14)23-13;1-4-7(13)9(16)6(20-4)3-19-12-8(14)11(18)10(17)5(2-15)21-12/h4*4-13,16-20H,2-3,14-15H2,1H3;4-12,15-18H,2-3,13-14H2,1H3/t4-,5-,6-,7-,8-,9+,10-,11-,12-,13?;4-,5-,6-,7-,8+,9-,10-,11+,12-,13?;4-,5-,6-,7+,8-,9-,10-,11-,12-,13?;4-,5-,6-,7+,8-,9-,10-,11+,12-,13?;4-,5-,6-,7+,8-,9+,10-,11-,12?/m11111/s1. The number of rotatable bonds is 20. The van der Waals surface area contributed by atoms with Crippen LogP contribution in [-0.4, -0.2) is 488 Å². The molecular weight excluding hydrogens is 1530 g/mol. The molecule has 10 heterocycles. The van der Waals surface area contributed by atoms with Gasteiger partial charge in [-0.25, -0.2) is 0 Å². The summed E-state index contributed by atoms with van der Waals surface area (Å²) >= 11 is 0. The molecule has 10 saturated heterocycles. The number of aliphatic hydroxyl groups is 24. The predicted molar refractivity (Wildman–Crippen MR) is 374 cm³/mol. The van der Waals surface area contributed by atoms with Gasteiger partial charge in [0.2, 0.25) is 0 Å². The first kappa shape index (κ1) is 99.9. The number of aliphatic hydroxyl groups excluding tert-OH is 24. The molecule has 0 aromatic carbocycles. The van der Waals surface area contributed by atoms with Crippen molar-refractivity contribution in [1.29, 1.82) is 0 Å². The van der Waals surface area contributed by atoms with Gasteiger partial charge in [0.15, 0.2) is 31.5 Å². The van der Waals surface area contributed by atoms with Crippen LogP contribution in [0.2, 0.25) is 0 Å². The third kappa shape index (κ3) is 24.5. The molecule has 0 aromatic heterocycles. The number of nitrogens with two attached hydrogens (primary N) is 10. The minimum atomic E-state index is -1.49. The molecule has 10 rings (SSSR count). The zero-order valence-electron chi connectivity index (χ0n) is 63.0. The topological polar surface area (TPSA) is 884 Å². The van der Waals surface area contributed by atoms with Gasteiger partial charge in [-0.05, 0) is 34.6 Å². The van der Waals surface area contributed by atoms with Crippen molar-refractivity contribution in [3.8, 4) is 0 Å². The van der Waals surface area contributed by atoms with E-state index in [0.29, 0.717) is 0 Å². The number of ether oxygens (including phenoxy) is 15. The monoisotopic (exact) mass is 1660 g/mol. The summed E-state index contributed by atoms with van der Waals surface area (Å²) in [6.45, 7) is 5.91. The normalized spacial score (nSPS) is 51.6. The maximum absolute atomic E-state index is 10.0. The van der Waals surface area contributed by atoms with E-state index in [1.807, 2.05) is 0 Å². The van der Waals surface area contributed by atoms with E-state index in [9.17, 15) is 107 Å². The van der Waals surface area contributed by atoms with Crippen molar-refractivity contribution < 1.29 is 194 Å². The lowest BCUT2D eigenvalue weighted by Crippen LogP contribution is -2.64. The van der Waals surface area contributed by atoms with E-state index >= 15 is 0 Å². The van der Waals surface area contributed by atoms with Crippen molar-refractivity contribution >= 4 is 0 Å². The van der Waals surface area contributed by atoms with Crippen LogP contribution in [0, 0.1) is 0 Å². The molecule has 10 fully saturated rings. The van der Waals surface area contributed by atoms with Gasteiger partial charge < -0.3 is 251 Å². The van der Waals surface area contributed by atoms with Crippen molar-refractivity contribution in [2.45, 2.75) is 334 Å². The summed E-state index contributed by atoms with van der Waals surface area (Å²) in [5, 5.41) is 234. The summed E-state index contributed by atoms with van der Waals surface area (Å²) in [6, 6.07) is -6.78. The molecular formula is C64H128N10O39. The first-order valence-corrected chi connectivity index (χ1v) is 37.2. The van der Waals surface area contributed by atoms with Crippen LogP contribution in [0.15, 0.2) is 0 Å². The highest BCUT2D eigenvalue weighted by Gasteiger charge is 2.52. The average molecular weight is 1660 g/mol. The van der Waals surface area contributed by atoms with E-state index < -0.39 is 313 Å². The second-order valence-corrected chi connectivity index (χ2v) is 29.7. The molecule has 0 aromatic rings. The summed E-state index contributed by atoms with van der Waals surface area (Å²) in [5.41, 5.74) is 56.7. The van der Waals surface area contributed by atoms with Crippen molar-refractivity contribution in [1.82, 2.24) is 0 Å². The second kappa shape index (κ2) is 45.3. The van der Waals surface area contributed by atoms with Crippen LogP contribution < -0.4 is 57.3 Å². The molecule has 0 saturated carbocycles. The molecule has 49 nitrogen and oxygen atoms in total. The first-order valence-electron chi connectivity index (χ1n) is 37.2. The Hall–Kier alpha value is -1.96. The minimum absolute atomic E-state index is 0.0292. The maximum atomic E-state index is 10.0. The molecule has 0 bridgehead atoms. The van der Waals surface area contributed by atoms with Gasteiger partial charge in [-0.3, -0.25) is 0 Å². The Morgan fingerprint density at radius 3 is 0.637 bits per heavy atom. The molecule has 0 aliphatic carbocycles. The Morgan fingerprint density at radius 1 is 0.195 bits per heavy atom. The van der Waals surface area contributed by atoms with Gasteiger partial charge >= 0.3 is 0 Å². The molecule has 0 amide bonds. The predicted octanol–water partition coefficient (Wildman–Crippen LogP) is -21.3. The third-order valence-electron chi connectivity index (χ3n) is 21.6. The van der Waals surface area contributed by atoms with Crippen molar-refractivity contribution in [2.75, 3.05) is 65.9 Å². The Morgan fingerprint density at radius 2 is 0.389 bits per heavy atom. The van der Waals surface area contributed by atoms with Crippen LogP contribution in [0.4, 0.5) is 0 Å². The highest BCUT2D eigenvalue weighted by atomic mass is 16.7. The molecule has 10 aliphatic rings. The van der Waals surface area contributed by atoms with E-state index in [2.05, 4.69) is 0 Å². The van der Waals surface area contributed by atoms with Crippen LogP contribution in [-0.2, 0) is 71.1 Å². The Kier molecular flexibility index (Phi) is 40.0. The van der Waals surface area contributed by atoms with Gasteiger partial charge in [0.25, 0.3) is 0 Å². The molecule has 49 heteroatoms. The van der Waals surface area contributed by atoms with E-state index in [-0.39, 0.29) is 52.2 Å². The summed E-state index contributed by atoms with van der Waals surface area (Å²) in [4.78, 5) is 0. The smallest absolute Gasteiger partial charge is 0.186 e. The fourth-order valence-corrected chi connectivity index (χ4v) is 13.6. The lowest BCUT2D eigenvalue weighted by Gasteiger charge is -2.43. The highest BCUT2D eigenvalue weighted by Crippen LogP contribution is 2.31. The van der Waals surface area contributed by atoms with E-state index in [0.717, 1.165) is 0 Å². The molecule has 0 spiro atoms. The van der Waals surface area contributed by atoms with Gasteiger partial charge in [-0.2, -0.15) is 0 Å². The Bertz CT molecular complexity index is 2410. The van der Waals surface area contributed by atoms with Crippen LogP contribution in [0.1, 0.15) is 34.6 Å².